The Bertz CT molecular complexity index is 833. The van der Waals surface area contributed by atoms with Crippen molar-refractivity contribution in [1.29, 1.82) is 0 Å². The van der Waals surface area contributed by atoms with E-state index in [1.807, 2.05) is 79.2 Å². The van der Waals surface area contributed by atoms with Crippen LogP contribution in [0.1, 0.15) is 6.92 Å². The molecule has 3 aromatic rings. The third kappa shape index (κ3) is 3.91. The molecule has 0 aliphatic carbocycles. The van der Waals surface area contributed by atoms with E-state index in [9.17, 15) is 4.79 Å². The van der Waals surface area contributed by atoms with Crippen LogP contribution < -0.4 is 4.90 Å². The van der Waals surface area contributed by atoms with Crippen LogP contribution in [0, 0.1) is 0 Å². The smallest absolute Gasteiger partial charge is 0.237 e. The number of rotatable bonds is 6. The van der Waals surface area contributed by atoms with E-state index >= 15 is 0 Å². The Balaban J connectivity index is 1.69. The predicted octanol–water partition coefficient (Wildman–Crippen LogP) is 3.63. The molecular weight excluding hydrogens is 332 g/mol. The van der Waals surface area contributed by atoms with Crippen LogP contribution >= 0.6 is 11.8 Å². The fourth-order valence-electron chi connectivity index (χ4n) is 2.59. The number of nitrogens with zero attached hydrogens (tertiary/aromatic N) is 4. The zero-order chi connectivity index (χ0) is 17.6. The van der Waals surface area contributed by atoms with Crippen molar-refractivity contribution in [3.8, 4) is 11.4 Å². The Morgan fingerprint density at radius 3 is 2.32 bits per heavy atom. The lowest BCUT2D eigenvalue weighted by atomic mass is 10.2. The molecule has 0 saturated heterocycles. The molecule has 128 valence electrons. The first-order valence-corrected chi connectivity index (χ1v) is 9.12. The summed E-state index contributed by atoms with van der Waals surface area (Å²) < 4.78 is 1.92. The number of aromatic nitrogens is 3. The van der Waals surface area contributed by atoms with Crippen LogP contribution in [0.5, 0.6) is 0 Å². The molecule has 0 radical (unpaired) electrons. The molecule has 0 aliphatic heterocycles. The Morgan fingerprint density at radius 1 is 1.04 bits per heavy atom. The minimum atomic E-state index is 0.0583. The third-order valence-corrected chi connectivity index (χ3v) is 4.88. The van der Waals surface area contributed by atoms with Gasteiger partial charge in [-0.05, 0) is 19.1 Å². The second-order valence-electron chi connectivity index (χ2n) is 5.49. The highest BCUT2D eigenvalue weighted by molar-refractivity contribution is 7.99. The summed E-state index contributed by atoms with van der Waals surface area (Å²) >= 11 is 1.41. The van der Waals surface area contributed by atoms with Crippen molar-refractivity contribution in [2.75, 3.05) is 17.2 Å². The second-order valence-corrected chi connectivity index (χ2v) is 6.44. The van der Waals surface area contributed by atoms with Gasteiger partial charge in [-0.1, -0.05) is 60.3 Å². The lowest BCUT2D eigenvalue weighted by Gasteiger charge is -2.20. The molecule has 25 heavy (non-hydrogen) atoms. The average molecular weight is 352 g/mol. The number of anilines is 1. The van der Waals surface area contributed by atoms with Crippen molar-refractivity contribution in [3.63, 3.8) is 0 Å². The van der Waals surface area contributed by atoms with Gasteiger partial charge in [0.2, 0.25) is 5.91 Å². The molecule has 3 rings (SSSR count). The van der Waals surface area contributed by atoms with Crippen LogP contribution in [0.4, 0.5) is 5.69 Å². The van der Waals surface area contributed by atoms with E-state index in [2.05, 4.69) is 10.2 Å². The maximum Gasteiger partial charge on any atom is 0.237 e. The zero-order valence-corrected chi connectivity index (χ0v) is 15.1. The number of carbonyl (C=O) groups is 1. The number of para-hydroxylation sites is 1. The molecule has 0 bridgehead atoms. The van der Waals surface area contributed by atoms with Crippen molar-refractivity contribution in [2.24, 2.45) is 7.05 Å². The molecule has 0 N–H and O–H groups in total. The quantitative estimate of drug-likeness (QED) is 0.636. The highest BCUT2D eigenvalue weighted by Gasteiger charge is 2.17. The van der Waals surface area contributed by atoms with E-state index in [0.29, 0.717) is 12.3 Å². The van der Waals surface area contributed by atoms with E-state index in [4.69, 9.17) is 0 Å². The van der Waals surface area contributed by atoms with Crippen molar-refractivity contribution in [3.05, 3.63) is 60.7 Å². The summed E-state index contributed by atoms with van der Waals surface area (Å²) in [5, 5.41) is 9.21. The number of carbonyl (C=O) groups excluding carboxylic acids is 1. The van der Waals surface area contributed by atoms with E-state index in [0.717, 1.165) is 22.2 Å². The summed E-state index contributed by atoms with van der Waals surface area (Å²) in [7, 11) is 1.92. The molecule has 5 nitrogen and oxygen atoms in total. The van der Waals surface area contributed by atoms with Crippen LogP contribution in [0.25, 0.3) is 11.4 Å². The molecule has 1 aromatic heterocycles. The van der Waals surface area contributed by atoms with Crippen LogP contribution in [-0.4, -0.2) is 33.0 Å². The molecule has 1 amide bonds. The Morgan fingerprint density at radius 2 is 1.68 bits per heavy atom. The summed E-state index contributed by atoms with van der Waals surface area (Å²) in [5.41, 5.74) is 1.92. The number of hydrogen-bond donors (Lipinski definition) is 0. The predicted molar refractivity (Wildman–Crippen MR) is 102 cm³/mol. The molecule has 0 unspecified atom stereocenters. The van der Waals surface area contributed by atoms with E-state index in [-0.39, 0.29) is 5.91 Å². The fourth-order valence-corrected chi connectivity index (χ4v) is 3.38. The molecule has 0 aliphatic rings. The van der Waals surface area contributed by atoms with E-state index in [1.54, 1.807) is 4.90 Å². The van der Waals surface area contributed by atoms with Gasteiger partial charge >= 0.3 is 0 Å². The SMILES string of the molecule is CCN(C(=O)CSc1nnc(-c2ccccc2)n1C)c1ccccc1. The zero-order valence-electron chi connectivity index (χ0n) is 14.3. The molecule has 0 saturated carbocycles. The maximum absolute atomic E-state index is 12.6. The summed E-state index contributed by atoms with van der Waals surface area (Å²) in [6.07, 6.45) is 0. The van der Waals surface area contributed by atoms with Crippen LogP contribution in [0.3, 0.4) is 0 Å². The monoisotopic (exact) mass is 352 g/mol. The minimum absolute atomic E-state index is 0.0583. The van der Waals surface area contributed by atoms with Crippen molar-refractivity contribution in [2.45, 2.75) is 12.1 Å². The summed E-state index contributed by atoms with van der Waals surface area (Å²) in [4.78, 5) is 14.4. The maximum atomic E-state index is 12.6. The van der Waals surface area contributed by atoms with Gasteiger partial charge in [-0.3, -0.25) is 4.79 Å². The van der Waals surface area contributed by atoms with Crippen molar-refractivity contribution in [1.82, 2.24) is 14.8 Å². The van der Waals surface area contributed by atoms with Crippen molar-refractivity contribution >= 4 is 23.4 Å². The lowest BCUT2D eigenvalue weighted by Crippen LogP contribution is -2.32. The molecule has 0 fully saturated rings. The normalized spacial score (nSPS) is 10.6. The summed E-state index contributed by atoms with van der Waals surface area (Å²) in [6, 6.07) is 19.6. The fraction of sp³-hybridized carbons (Fsp3) is 0.211. The molecule has 0 atom stereocenters. The Kier molecular flexibility index (Phi) is 5.50. The standard InChI is InChI=1S/C19H20N4OS/c1-3-23(16-12-8-5-9-13-16)17(24)14-25-19-21-20-18(22(19)2)15-10-6-4-7-11-15/h4-13H,3,14H2,1-2H3. The largest absolute Gasteiger partial charge is 0.312 e. The van der Waals surface area contributed by atoms with Gasteiger partial charge in [-0.2, -0.15) is 0 Å². The number of benzene rings is 2. The first-order valence-electron chi connectivity index (χ1n) is 8.13. The van der Waals surface area contributed by atoms with Gasteiger partial charge in [0.05, 0.1) is 5.75 Å². The van der Waals surface area contributed by atoms with Gasteiger partial charge in [0.15, 0.2) is 11.0 Å². The minimum Gasteiger partial charge on any atom is -0.312 e. The first kappa shape index (κ1) is 17.2. The van der Waals surface area contributed by atoms with Crippen molar-refractivity contribution < 1.29 is 4.79 Å². The van der Waals surface area contributed by atoms with Gasteiger partial charge in [0, 0.05) is 24.8 Å². The molecule has 2 aromatic carbocycles. The van der Waals surface area contributed by atoms with Gasteiger partial charge in [-0.25, -0.2) is 0 Å². The topological polar surface area (TPSA) is 51.0 Å². The molecular formula is C19H20N4OS. The summed E-state index contributed by atoms with van der Waals surface area (Å²) in [5.74, 6) is 1.18. The third-order valence-electron chi connectivity index (χ3n) is 3.88. The van der Waals surface area contributed by atoms with Crippen LogP contribution in [0.15, 0.2) is 65.8 Å². The molecule has 1 heterocycles. The molecule has 6 heteroatoms. The Hall–Kier alpha value is -2.60. The van der Waals surface area contributed by atoms with Gasteiger partial charge < -0.3 is 9.47 Å². The van der Waals surface area contributed by atoms with Gasteiger partial charge in [0.25, 0.3) is 0 Å². The average Bonchev–Trinajstić information content (AvgIpc) is 3.03. The van der Waals surface area contributed by atoms with Gasteiger partial charge in [0.1, 0.15) is 0 Å². The summed E-state index contributed by atoms with van der Waals surface area (Å²) in [6.45, 7) is 2.61. The van der Waals surface area contributed by atoms with E-state index in [1.165, 1.54) is 11.8 Å². The van der Waals surface area contributed by atoms with Gasteiger partial charge in [-0.15, -0.1) is 10.2 Å². The Labute approximate surface area is 151 Å². The second kappa shape index (κ2) is 7.98. The van der Waals surface area contributed by atoms with E-state index < -0.39 is 0 Å². The first-order chi connectivity index (χ1) is 12.2. The van der Waals surface area contributed by atoms with Crippen LogP contribution in [0.2, 0.25) is 0 Å². The highest BCUT2D eigenvalue weighted by Crippen LogP contribution is 2.23. The van der Waals surface area contributed by atoms with Crippen LogP contribution in [-0.2, 0) is 11.8 Å². The lowest BCUT2D eigenvalue weighted by molar-refractivity contribution is -0.116. The molecule has 0 spiro atoms. The number of hydrogen-bond acceptors (Lipinski definition) is 4. The number of amides is 1. The number of thioether (sulfide) groups is 1. The highest BCUT2D eigenvalue weighted by atomic mass is 32.2.